The van der Waals surface area contributed by atoms with Gasteiger partial charge in [0.25, 0.3) is 0 Å². The van der Waals surface area contributed by atoms with Crippen LogP contribution in [0.1, 0.15) is 55.7 Å². The van der Waals surface area contributed by atoms with E-state index < -0.39 is 0 Å². The molecule has 4 nitrogen and oxygen atoms in total. The minimum absolute atomic E-state index is 0.00208. The molecule has 1 saturated heterocycles. The molecular formula is C19H30N2O2. The van der Waals surface area contributed by atoms with Crippen LogP contribution >= 0.6 is 0 Å². The fraction of sp³-hybridized carbons (Fsp3) is 0.632. The van der Waals surface area contributed by atoms with Crippen molar-refractivity contribution in [3.63, 3.8) is 0 Å². The molecule has 2 rings (SSSR count). The third kappa shape index (κ3) is 4.05. The molecule has 0 aromatic heterocycles. The van der Waals surface area contributed by atoms with E-state index in [0.717, 1.165) is 31.7 Å². The number of methoxy groups -OCH3 is 1. The molecule has 1 aliphatic heterocycles. The summed E-state index contributed by atoms with van der Waals surface area (Å²) in [5.41, 5.74) is 3.76. The van der Waals surface area contributed by atoms with Gasteiger partial charge in [-0.15, -0.1) is 0 Å². The number of nitrogens with zero attached hydrogens (tertiary/aromatic N) is 1. The van der Waals surface area contributed by atoms with Crippen LogP contribution < -0.4 is 10.1 Å². The summed E-state index contributed by atoms with van der Waals surface area (Å²) < 4.78 is 5.53. The van der Waals surface area contributed by atoms with Crippen molar-refractivity contribution in [3.8, 4) is 5.75 Å². The summed E-state index contributed by atoms with van der Waals surface area (Å²) in [5, 5.41) is 2.81. The fourth-order valence-corrected chi connectivity index (χ4v) is 3.41. The number of benzene rings is 1. The lowest BCUT2D eigenvalue weighted by Crippen LogP contribution is -2.48. The summed E-state index contributed by atoms with van der Waals surface area (Å²) in [7, 11) is 3.46. The monoisotopic (exact) mass is 318 g/mol. The molecule has 23 heavy (non-hydrogen) atoms. The molecule has 1 heterocycles. The number of piperidine rings is 1. The number of carbonyl (C=O) groups is 1. The molecule has 0 aliphatic carbocycles. The first-order valence-corrected chi connectivity index (χ1v) is 8.61. The van der Waals surface area contributed by atoms with Crippen molar-refractivity contribution in [1.29, 1.82) is 0 Å². The van der Waals surface area contributed by atoms with Gasteiger partial charge in [0, 0.05) is 13.6 Å². The van der Waals surface area contributed by atoms with Gasteiger partial charge in [-0.3, -0.25) is 9.69 Å². The first kappa shape index (κ1) is 17.8. The van der Waals surface area contributed by atoms with Crippen molar-refractivity contribution in [3.05, 3.63) is 28.8 Å². The predicted molar refractivity (Wildman–Crippen MR) is 93.9 cm³/mol. The van der Waals surface area contributed by atoms with Crippen LogP contribution in [0, 0.1) is 6.92 Å². The minimum Gasteiger partial charge on any atom is -0.496 e. The number of aryl methyl sites for hydroxylation is 1. The molecule has 128 valence electrons. The second kappa shape index (κ2) is 7.82. The van der Waals surface area contributed by atoms with Crippen LogP contribution in [0.15, 0.2) is 12.1 Å². The summed E-state index contributed by atoms with van der Waals surface area (Å²) >= 11 is 0. The van der Waals surface area contributed by atoms with E-state index in [1.165, 1.54) is 23.1 Å². The van der Waals surface area contributed by atoms with E-state index in [0.29, 0.717) is 5.92 Å². The zero-order valence-corrected chi connectivity index (χ0v) is 15.1. The van der Waals surface area contributed by atoms with Gasteiger partial charge in [-0.05, 0) is 55.0 Å². The number of amides is 1. The van der Waals surface area contributed by atoms with Crippen molar-refractivity contribution >= 4 is 5.91 Å². The van der Waals surface area contributed by atoms with Crippen LogP contribution in [0.3, 0.4) is 0 Å². The van der Waals surface area contributed by atoms with Gasteiger partial charge >= 0.3 is 0 Å². The Bertz CT molecular complexity index is 555. The number of ether oxygens (including phenoxy) is 1. The summed E-state index contributed by atoms with van der Waals surface area (Å²) in [4.78, 5) is 14.5. The van der Waals surface area contributed by atoms with Crippen LogP contribution in [-0.2, 0) is 11.3 Å². The smallest absolute Gasteiger partial charge is 0.237 e. The highest BCUT2D eigenvalue weighted by Gasteiger charge is 2.28. The van der Waals surface area contributed by atoms with Crippen molar-refractivity contribution in [1.82, 2.24) is 10.2 Å². The summed E-state index contributed by atoms with van der Waals surface area (Å²) in [5.74, 6) is 1.52. The number of likely N-dealkylation sites (tertiary alicyclic amines) is 1. The summed E-state index contributed by atoms with van der Waals surface area (Å²) in [6, 6.07) is 4.38. The fourth-order valence-electron chi connectivity index (χ4n) is 3.41. The molecule has 0 spiro atoms. The highest BCUT2D eigenvalue weighted by Crippen LogP contribution is 2.31. The molecule has 0 saturated carbocycles. The maximum absolute atomic E-state index is 12.2. The van der Waals surface area contributed by atoms with Crippen LogP contribution in [0.25, 0.3) is 0 Å². The second-order valence-corrected chi connectivity index (χ2v) is 6.77. The lowest BCUT2D eigenvalue weighted by atomic mass is 9.94. The van der Waals surface area contributed by atoms with Gasteiger partial charge in [0.05, 0.1) is 13.2 Å². The number of nitrogens with one attached hydrogen (secondary N) is 1. The van der Waals surface area contributed by atoms with E-state index in [2.05, 4.69) is 43.1 Å². The third-order valence-electron chi connectivity index (χ3n) is 4.85. The van der Waals surface area contributed by atoms with Gasteiger partial charge in [0.2, 0.25) is 5.91 Å². The SMILES string of the molecule is CNC(=O)C1CCCCN1Cc1cc(C(C)C)c(OC)cc1C. The molecule has 1 aromatic carbocycles. The lowest BCUT2D eigenvalue weighted by molar-refractivity contribution is -0.127. The number of rotatable bonds is 5. The standard InChI is InChI=1S/C19H30N2O2/c1-13(2)16-11-15(14(3)10-18(16)23-5)12-21-9-7-6-8-17(21)19(22)20-4/h10-11,13,17H,6-9,12H2,1-5H3,(H,20,22). The Hall–Kier alpha value is -1.55. The maximum atomic E-state index is 12.2. The largest absolute Gasteiger partial charge is 0.496 e. The number of hydrogen-bond donors (Lipinski definition) is 1. The number of likely N-dealkylation sites (N-methyl/N-ethyl adjacent to an activating group) is 1. The van der Waals surface area contributed by atoms with E-state index in [1.54, 1.807) is 14.2 Å². The van der Waals surface area contributed by atoms with Crippen LogP contribution in [0.5, 0.6) is 5.75 Å². The molecule has 0 bridgehead atoms. The van der Waals surface area contributed by atoms with Gasteiger partial charge in [-0.2, -0.15) is 0 Å². The molecular weight excluding hydrogens is 288 g/mol. The van der Waals surface area contributed by atoms with Gasteiger partial charge < -0.3 is 10.1 Å². The Labute approximate surface area is 140 Å². The van der Waals surface area contributed by atoms with Crippen molar-refractivity contribution in [2.45, 2.75) is 58.5 Å². The second-order valence-electron chi connectivity index (χ2n) is 6.77. The summed E-state index contributed by atoms with van der Waals surface area (Å²) in [6.45, 7) is 8.31. The number of hydrogen-bond acceptors (Lipinski definition) is 3. The van der Waals surface area contributed by atoms with Crippen molar-refractivity contribution in [2.24, 2.45) is 0 Å². The van der Waals surface area contributed by atoms with Crippen LogP contribution in [0.4, 0.5) is 0 Å². The molecule has 1 aliphatic rings. The zero-order chi connectivity index (χ0) is 17.0. The minimum atomic E-state index is -0.00208. The molecule has 0 radical (unpaired) electrons. The highest BCUT2D eigenvalue weighted by atomic mass is 16.5. The van der Waals surface area contributed by atoms with Crippen molar-refractivity contribution < 1.29 is 9.53 Å². The normalized spacial score (nSPS) is 19.0. The maximum Gasteiger partial charge on any atom is 0.237 e. The zero-order valence-electron chi connectivity index (χ0n) is 15.1. The average molecular weight is 318 g/mol. The molecule has 1 atom stereocenters. The molecule has 1 aromatic rings. The molecule has 4 heteroatoms. The van der Waals surface area contributed by atoms with E-state index in [-0.39, 0.29) is 11.9 Å². The molecule has 1 fully saturated rings. The van der Waals surface area contributed by atoms with E-state index >= 15 is 0 Å². The van der Waals surface area contributed by atoms with Gasteiger partial charge in [0.15, 0.2) is 0 Å². The van der Waals surface area contributed by atoms with Crippen LogP contribution in [0.2, 0.25) is 0 Å². The topological polar surface area (TPSA) is 41.6 Å². The Morgan fingerprint density at radius 2 is 2.13 bits per heavy atom. The van der Waals surface area contributed by atoms with Gasteiger partial charge in [0.1, 0.15) is 5.75 Å². The Morgan fingerprint density at radius 3 is 2.74 bits per heavy atom. The molecule has 1 N–H and O–H groups in total. The predicted octanol–water partition coefficient (Wildman–Crippen LogP) is 3.23. The number of carbonyl (C=O) groups excluding carboxylic acids is 1. The van der Waals surface area contributed by atoms with E-state index in [4.69, 9.17) is 4.74 Å². The quantitative estimate of drug-likeness (QED) is 0.906. The van der Waals surface area contributed by atoms with Crippen LogP contribution in [-0.4, -0.2) is 37.6 Å². The Morgan fingerprint density at radius 1 is 1.39 bits per heavy atom. The summed E-state index contributed by atoms with van der Waals surface area (Å²) in [6.07, 6.45) is 3.25. The van der Waals surface area contributed by atoms with Crippen molar-refractivity contribution in [2.75, 3.05) is 20.7 Å². The third-order valence-corrected chi connectivity index (χ3v) is 4.85. The highest BCUT2D eigenvalue weighted by molar-refractivity contribution is 5.81. The van der Waals surface area contributed by atoms with E-state index in [1.807, 2.05) is 0 Å². The lowest BCUT2D eigenvalue weighted by Gasteiger charge is -2.35. The molecule has 1 unspecified atom stereocenters. The average Bonchev–Trinajstić information content (AvgIpc) is 2.55. The van der Waals surface area contributed by atoms with Gasteiger partial charge in [-0.25, -0.2) is 0 Å². The first-order valence-electron chi connectivity index (χ1n) is 8.61. The Balaban J connectivity index is 2.27. The Kier molecular flexibility index (Phi) is 6.05. The molecule has 1 amide bonds. The van der Waals surface area contributed by atoms with E-state index in [9.17, 15) is 4.79 Å². The van der Waals surface area contributed by atoms with Gasteiger partial charge in [-0.1, -0.05) is 26.3 Å². The first-order chi connectivity index (χ1) is 11.0.